The lowest BCUT2D eigenvalue weighted by molar-refractivity contribution is -0.142. The van der Waals surface area contributed by atoms with E-state index in [2.05, 4.69) is 25.8 Å². The molecule has 13 heteroatoms. The van der Waals surface area contributed by atoms with Crippen molar-refractivity contribution in [2.24, 2.45) is 0 Å². The van der Waals surface area contributed by atoms with Gasteiger partial charge in [0, 0.05) is 30.1 Å². The molecule has 10 nitrogen and oxygen atoms in total. The summed E-state index contributed by atoms with van der Waals surface area (Å²) in [7, 11) is 1.48. The molecule has 0 fully saturated rings. The predicted molar refractivity (Wildman–Crippen MR) is 140 cm³/mol. The highest BCUT2D eigenvalue weighted by Gasteiger charge is 2.36. The molecule has 5 aromatic rings. The van der Waals surface area contributed by atoms with E-state index in [9.17, 15) is 22.8 Å². The normalized spacial score (nSPS) is 11.4. The molecule has 0 spiro atoms. The number of methoxy groups -OCH3 is 1. The van der Waals surface area contributed by atoms with Gasteiger partial charge < -0.3 is 15.4 Å². The average Bonchev–Trinajstić information content (AvgIpc) is 3.57. The van der Waals surface area contributed by atoms with E-state index in [1.807, 2.05) is 0 Å². The number of benzene rings is 2. The van der Waals surface area contributed by atoms with Crippen LogP contribution in [-0.4, -0.2) is 43.3 Å². The molecule has 0 bridgehead atoms. The zero-order valence-corrected chi connectivity index (χ0v) is 21.2. The maximum Gasteiger partial charge on any atom is 0.433 e. The number of aromatic nitrogens is 5. The van der Waals surface area contributed by atoms with Crippen LogP contribution in [0, 0.1) is 0 Å². The lowest BCUT2D eigenvalue weighted by Crippen LogP contribution is -2.18. The number of alkyl halides is 3. The molecule has 0 saturated heterocycles. The van der Waals surface area contributed by atoms with Crippen LogP contribution in [-0.2, 0) is 12.7 Å². The fraction of sp³-hybridized carbons (Fsp3) is 0.148. The number of hydrogen-bond acceptors (Lipinski definition) is 6. The molecule has 0 aliphatic rings. The van der Waals surface area contributed by atoms with Gasteiger partial charge in [0.15, 0.2) is 22.7 Å². The standard InChI is InChI=1S/C27H22F3N7O3/c1-3-36-15-21(24(35-36)26(39)31-17-7-5-4-6-8-17)33-25(38)20-14-23-32-19(16-9-11-18(40-2)12-10-16)13-22(27(28,29)30)37(23)34-20/h4-15H,3H2,1-2H3,(H,31,39)(H,33,38). The molecule has 2 aromatic carbocycles. The average molecular weight is 550 g/mol. The maximum atomic E-state index is 14.0. The van der Waals surface area contributed by atoms with E-state index < -0.39 is 23.7 Å². The molecule has 0 unspecified atom stereocenters. The number of carbonyl (C=O) groups is 2. The van der Waals surface area contributed by atoms with Gasteiger partial charge in [-0.2, -0.15) is 23.4 Å². The Morgan fingerprint density at radius 1 is 0.950 bits per heavy atom. The van der Waals surface area contributed by atoms with Gasteiger partial charge in [-0.25, -0.2) is 9.50 Å². The first-order chi connectivity index (χ1) is 19.2. The number of carbonyl (C=O) groups excluding carboxylic acids is 2. The van der Waals surface area contributed by atoms with Gasteiger partial charge in [0.2, 0.25) is 0 Å². The van der Waals surface area contributed by atoms with Gasteiger partial charge in [0.25, 0.3) is 11.8 Å². The highest BCUT2D eigenvalue weighted by molar-refractivity contribution is 6.11. The van der Waals surface area contributed by atoms with Crippen molar-refractivity contribution in [1.82, 2.24) is 24.4 Å². The third kappa shape index (κ3) is 5.34. The van der Waals surface area contributed by atoms with Crippen LogP contribution >= 0.6 is 0 Å². The lowest BCUT2D eigenvalue weighted by Gasteiger charge is -2.11. The largest absolute Gasteiger partial charge is 0.497 e. The third-order valence-corrected chi connectivity index (χ3v) is 5.92. The van der Waals surface area contributed by atoms with Crippen molar-refractivity contribution in [3.63, 3.8) is 0 Å². The Labute approximate surface area is 225 Å². The van der Waals surface area contributed by atoms with Gasteiger partial charge in [-0.3, -0.25) is 14.3 Å². The van der Waals surface area contributed by atoms with E-state index in [1.54, 1.807) is 61.5 Å². The molecule has 40 heavy (non-hydrogen) atoms. The summed E-state index contributed by atoms with van der Waals surface area (Å²) in [6.07, 6.45) is -3.33. The summed E-state index contributed by atoms with van der Waals surface area (Å²) in [4.78, 5) is 30.3. The number of ether oxygens (including phenoxy) is 1. The van der Waals surface area contributed by atoms with Crippen LogP contribution in [0.15, 0.2) is 72.9 Å². The second kappa shape index (κ2) is 10.5. The molecule has 0 atom stereocenters. The summed E-state index contributed by atoms with van der Waals surface area (Å²) >= 11 is 0. The number of fused-ring (bicyclic) bond motifs is 1. The molecule has 2 N–H and O–H groups in total. The fourth-order valence-electron chi connectivity index (χ4n) is 3.94. The number of nitrogens with one attached hydrogen (secondary N) is 2. The monoisotopic (exact) mass is 549 g/mol. The molecule has 0 saturated carbocycles. The zero-order chi connectivity index (χ0) is 28.4. The quantitative estimate of drug-likeness (QED) is 0.290. The summed E-state index contributed by atoms with van der Waals surface area (Å²) in [5, 5.41) is 13.3. The number of rotatable bonds is 7. The first kappa shape index (κ1) is 26.4. The predicted octanol–water partition coefficient (Wildman–Crippen LogP) is 5.14. The molecule has 5 rings (SSSR count). The van der Waals surface area contributed by atoms with Gasteiger partial charge in [0.05, 0.1) is 18.5 Å². The number of para-hydroxylation sites is 1. The van der Waals surface area contributed by atoms with E-state index >= 15 is 0 Å². The van der Waals surface area contributed by atoms with Crippen LogP contribution < -0.4 is 15.4 Å². The van der Waals surface area contributed by atoms with Crippen molar-refractivity contribution in [3.8, 4) is 17.0 Å². The van der Waals surface area contributed by atoms with Gasteiger partial charge >= 0.3 is 6.18 Å². The van der Waals surface area contributed by atoms with E-state index in [0.717, 1.165) is 12.1 Å². The van der Waals surface area contributed by atoms with Gasteiger partial charge in [-0.1, -0.05) is 18.2 Å². The van der Waals surface area contributed by atoms with Crippen molar-refractivity contribution >= 4 is 28.8 Å². The Morgan fingerprint density at radius 3 is 2.33 bits per heavy atom. The highest BCUT2D eigenvalue weighted by Crippen LogP contribution is 2.33. The smallest absolute Gasteiger partial charge is 0.433 e. The van der Waals surface area contributed by atoms with Gasteiger partial charge in [0.1, 0.15) is 5.75 Å². The molecular weight excluding hydrogens is 527 g/mol. The summed E-state index contributed by atoms with van der Waals surface area (Å²) in [5.74, 6) is -0.879. The van der Waals surface area contributed by atoms with Crippen LogP contribution in [0.2, 0.25) is 0 Å². The van der Waals surface area contributed by atoms with E-state index in [-0.39, 0.29) is 28.4 Å². The summed E-state index contributed by atoms with van der Waals surface area (Å²) < 4.78 is 49.1. The number of hydrogen-bond donors (Lipinski definition) is 2. The second-order valence-electron chi connectivity index (χ2n) is 8.57. The van der Waals surface area contributed by atoms with E-state index in [1.165, 1.54) is 18.0 Å². The Kier molecular flexibility index (Phi) is 6.94. The number of halogens is 3. The van der Waals surface area contributed by atoms with E-state index in [0.29, 0.717) is 28.1 Å². The molecule has 2 amide bonds. The molecule has 204 valence electrons. The molecule has 0 aliphatic carbocycles. The first-order valence-electron chi connectivity index (χ1n) is 12.0. The summed E-state index contributed by atoms with van der Waals surface area (Å²) in [6, 6.07) is 17.0. The van der Waals surface area contributed by atoms with Crippen LogP contribution in [0.5, 0.6) is 5.75 Å². The topological polar surface area (TPSA) is 115 Å². The molecule has 3 aromatic heterocycles. The second-order valence-corrected chi connectivity index (χ2v) is 8.57. The maximum absolute atomic E-state index is 14.0. The minimum absolute atomic E-state index is 0.0402. The lowest BCUT2D eigenvalue weighted by atomic mass is 10.1. The Morgan fingerprint density at radius 2 is 1.68 bits per heavy atom. The minimum atomic E-state index is -4.78. The van der Waals surface area contributed by atoms with Crippen molar-refractivity contribution in [2.75, 3.05) is 17.7 Å². The zero-order valence-electron chi connectivity index (χ0n) is 21.2. The summed E-state index contributed by atoms with van der Waals surface area (Å²) in [6.45, 7) is 2.20. The third-order valence-electron chi connectivity index (χ3n) is 5.92. The van der Waals surface area contributed by atoms with Crippen LogP contribution in [0.3, 0.4) is 0 Å². The van der Waals surface area contributed by atoms with Gasteiger partial charge in [-0.05, 0) is 49.4 Å². The molecular formula is C27H22F3N7O3. The number of anilines is 2. The van der Waals surface area contributed by atoms with Crippen molar-refractivity contribution in [3.05, 3.63) is 90.0 Å². The van der Waals surface area contributed by atoms with Crippen molar-refractivity contribution in [2.45, 2.75) is 19.6 Å². The minimum Gasteiger partial charge on any atom is -0.497 e. The van der Waals surface area contributed by atoms with Crippen LogP contribution in [0.25, 0.3) is 16.9 Å². The van der Waals surface area contributed by atoms with Crippen molar-refractivity contribution < 1.29 is 27.5 Å². The first-order valence-corrected chi connectivity index (χ1v) is 12.0. The molecule has 0 radical (unpaired) electrons. The van der Waals surface area contributed by atoms with Crippen LogP contribution in [0.4, 0.5) is 24.5 Å². The van der Waals surface area contributed by atoms with E-state index in [4.69, 9.17) is 4.74 Å². The highest BCUT2D eigenvalue weighted by atomic mass is 19.4. The Hall–Kier alpha value is -5.20. The fourth-order valence-corrected chi connectivity index (χ4v) is 3.94. The van der Waals surface area contributed by atoms with Crippen molar-refractivity contribution in [1.29, 1.82) is 0 Å². The van der Waals surface area contributed by atoms with Gasteiger partial charge in [-0.15, -0.1) is 0 Å². The molecule has 3 heterocycles. The Balaban J connectivity index is 1.48. The SMILES string of the molecule is CCn1cc(NC(=O)c2cc3nc(-c4ccc(OC)cc4)cc(C(F)(F)F)n3n2)c(C(=O)Nc2ccccc2)n1. The van der Waals surface area contributed by atoms with Crippen LogP contribution in [0.1, 0.15) is 33.6 Å². The Bertz CT molecular complexity index is 1690. The summed E-state index contributed by atoms with van der Waals surface area (Å²) in [5.41, 5.74) is -0.640. The molecule has 0 aliphatic heterocycles. The number of aryl methyl sites for hydroxylation is 1. The number of nitrogens with zero attached hydrogens (tertiary/aromatic N) is 5. The number of amides is 2.